The normalized spacial score (nSPS) is 11.6. The number of hydrazone groups is 1. The zero-order valence-electron chi connectivity index (χ0n) is 15.4. The molecule has 144 valence electrons. The van der Waals surface area contributed by atoms with Crippen molar-refractivity contribution in [2.75, 3.05) is 5.01 Å². The second kappa shape index (κ2) is 8.43. The number of nitrogens with two attached hydrogens (primary N) is 1. The highest BCUT2D eigenvalue weighted by Crippen LogP contribution is 2.22. The predicted octanol–water partition coefficient (Wildman–Crippen LogP) is 4.84. The minimum Gasteiger partial charge on any atom is -0.374 e. The van der Waals surface area contributed by atoms with E-state index in [0.717, 1.165) is 16.7 Å². The molecule has 1 heterocycles. The van der Waals surface area contributed by atoms with Gasteiger partial charge in [0.2, 0.25) is 0 Å². The van der Waals surface area contributed by atoms with E-state index in [-0.39, 0.29) is 5.11 Å². The van der Waals surface area contributed by atoms with Gasteiger partial charge in [0.1, 0.15) is 0 Å². The standard InChI is InChI=1S/C22H18ClN5S/c23-19-6-3-7-20(13-19)28(22(24)29)26-21(14-27-11-10-25-15-27)18-9-8-16-4-1-2-5-17(16)12-18/h1-13,15H,14H2,(H2,24,29). The molecule has 0 unspecified atom stereocenters. The van der Waals surface area contributed by atoms with Gasteiger partial charge in [0, 0.05) is 23.0 Å². The Hall–Kier alpha value is -3.22. The molecule has 0 aliphatic heterocycles. The van der Waals surface area contributed by atoms with E-state index in [9.17, 15) is 0 Å². The molecule has 0 fully saturated rings. The highest BCUT2D eigenvalue weighted by atomic mass is 35.5. The number of thiocarbonyl (C=S) groups is 1. The third-order valence-corrected chi connectivity index (χ3v) is 4.86. The Morgan fingerprint density at radius 2 is 1.90 bits per heavy atom. The summed E-state index contributed by atoms with van der Waals surface area (Å²) >= 11 is 11.4. The summed E-state index contributed by atoms with van der Waals surface area (Å²) in [6, 6.07) is 21.7. The first-order valence-corrected chi connectivity index (χ1v) is 9.76. The summed E-state index contributed by atoms with van der Waals surface area (Å²) in [5.41, 5.74) is 8.47. The Morgan fingerprint density at radius 3 is 2.62 bits per heavy atom. The maximum Gasteiger partial charge on any atom is 0.191 e. The van der Waals surface area contributed by atoms with Crippen molar-refractivity contribution >= 4 is 51.1 Å². The van der Waals surface area contributed by atoms with E-state index in [1.165, 1.54) is 10.4 Å². The summed E-state index contributed by atoms with van der Waals surface area (Å²) in [6.07, 6.45) is 5.38. The Kier molecular flexibility index (Phi) is 5.55. The number of imidazole rings is 1. The van der Waals surface area contributed by atoms with Gasteiger partial charge in [0.25, 0.3) is 0 Å². The van der Waals surface area contributed by atoms with Gasteiger partial charge in [-0.15, -0.1) is 0 Å². The lowest BCUT2D eigenvalue weighted by atomic mass is 10.0. The van der Waals surface area contributed by atoms with Gasteiger partial charge in [0.05, 0.1) is 24.3 Å². The second-order valence-electron chi connectivity index (χ2n) is 6.47. The molecule has 0 atom stereocenters. The molecule has 0 spiro atoms. The minimum absolute atomic E-state index is 0.135. The number of anilines is 1. The van der Waals surface area contributed by atoms with Crippen LogP contribution < -0.4 is 10.7 Å². The molecule has 2 N–H and O–H groups in total. The molecule has 0 aliphatic carbocycles. The molecular formula is C22H18ClN5S. The molecule has 0 radical (unpaired) electrons. The maximum absolute atomic E-state index is 6.16. The number of fused-ring (bicyclic) bond motifs is 1. The van der Waals surface area contributed by atoms with Gasteiger partial charge in [-0.25, -0.2) is 9.99 Å². The largest absolute Gasteiger partial charge is 0.374 e. The first-order chi connectivity index (χ1) is 14.1. The van der Waals surface area contributed by atoms with Gasteiger partial charge < -0.3 is 10.3 Å². The summed E-state index contributed by atoms with van der Waals surface area (Å²) in [4.78, 5) is 4.13. The van der Waals surface area contributed by atoms with Crippen LogP contribution in [0.2, 0.25) is 5.02 Å². The van der Waals surface area contributed by atoms with Crippen molar-refractivity contribution < 1.29 is 0 Å². The molecule has 0 saturated carbocycles. The lowest BCUT2D eigenvalue weighted by Gasteiger charge is -2.20. The van der Waals surface area contributed by atoms with Crippen molar-refractivity contribution in [2.24, 2.45) is 10.8 Å². The third-order valence-electron chi connectivity index (χ3n) is 4.46. The van der Waals surface area contributed by atoms with Crippen LogP contribution in [0, 0.1) is 0 Å². The number of rotatable bonds is 5. The van der Waals surface area contributed by atoms with E-state index < -0.39 is 0 Å². The van der Waals surface area contributed by atoms with Gasteiger partial charge in [-0.2, -0.15) is 5.10 Å². The Labute approximate surface area is 179 Å². The van der Waals surface area contributed by atoms with Crippen molar-refractivity contribution in [1.29, 1.82) is 0 Å². The molecule has 29 heavy (non-hydrogen) atoms. The quantitative estimate of drug-likeness (QED) is 0.285. The van der Waals surface area contributed by atoms with Crippen LogP contribution in [0.15, 0.2) is 90.6 Å². The molecule has 0 aliphatic rings. The van der Waals surface area contributed by atoms with Gasteiger partial charge in [-0.1, -0.05) is 54.1 Å². The number of hydrogen-bond acceptors (Lipinski definition) is 3. The van der Waals surface area contributed by atoms with Crippen LogP contribution in [-0.4, -0.2) is 20.4 Å². The molecule has 0 bridgehead atoms. The smallest absolute Gasteiger partial charge is 0.191 e. The average molecular weight is 420 g/mol. The summed E-state index contributed by atoms with van der Waals surface area (Å²) < 4.78 is 1.95. The van der Waals surface area contributed by atoms with E-state index in [1.54, 1.807) is 24.7 Å². The fourth-order valence-electron chi connectivity index (χ4n) is 3.07. The van der Waals surface area contributed by atoms with Gasteiger partial charge >= 0.3 is 0 Å². The van der Waals surface area contributed by atoms with E-state index >= 15 is 0 Å². The van der Waals surface area contributed by atoms with Gasteiger partial charge in [-0.05, 0) is 47.3 Å². The first-order valence-electron chi connectivity index (χ1n) is 8.98. The van der Waals surface area contributed by atoms with Crippen molar-refractivity contribution in [3.63, 3.8) is 0 Å². The van der Waals surface area contributed by atoms with Crippen LogP contribution in [0.4, 0.5) is 5.69 Å². The molecule has 3 aromatic carbocycles. The number of halogens is 1. The lowest BCUT2D eigenvalue weighted by molar-refractivity contribution is 0.845. The molecule has 7 heteroatoms. The third kappa shape index (κ3) is 4.45. The van der Waals surface area contributed by atoms with Gasteiger partial charge in [-0.3, -0.25) is 0 Å². The van der Waals surface area contributed by atoms with E-state index in [1.807, 2.05) is 41.1 Å². The van der Waals surface area contributed by atoms with Gasteiger partial charge in [0.15, 0.2) is 5.11 Å². The number of hydrogen-bond donors (Lipinski definition) is 1. The van der Waals surface area contributed by atoms with Crippen molar-refractivity contribution in [1.82, 2.24) is 9.55 Å². The fourth-order valence-corrected chi connectivity index (χ4v) is 3.40. The topological polar surface area (TPSA) is 59.4 Å². The lowest BCUT2D eigenvalue weighted by Crippen LogP contribution is -2.32. The van der Waals surface area contributed by atoms with E-state index in [2.05, 4.69) is 29.2 Å². The monoisotopic (exact) mass is 419 g/mol. The van der Waals surface area contributed by atoms with Crippen LogP contribution >= 0.6 is 23.8 Å². The van der Waals surface area contributed by atoms with Crippen molar-refractivity contribution in [3.05, 3.63) is 96.0 Å². The molecule has 4 rings (SSSR count). The van der Waals surface area contributed by atoms with E-state index in [0.29, 0.717) is 17.3 Å². The summed E-state index contributed by atoms with van der Waals surface area (Å²) in [5, 5.41) is 9.36. The second-order valence-corrected chi connectivity index (χ2v) is 7.33. The maximum atomic E-state index is 6.16. The van der Waals surface area contributed by atoms with Crippen LogP contribution in [-0.2, 0) is 6.54 Å². The summed E-state index contributed by atoms with van der Waals surface area (Å²) in [7, 11) is 0. The minimum atomic E-state index is 0.135. The molecule has 0 amide bonds. The van der Waals surface area contributed by atoms with Crippen molar-refractivity contribution in [3.8, 4) is 0 Å². The Bertz CT molecular complexity index is 1190. The summed E-state index contributed by atoms with van der Waals surface area (Å²) in [6.45, 7) is 0.512. The SMILES string of the molecule is NC(=S)N(N=C(Cn1ccnc1)c1ccc2ccccc2c1)c1cccc(Cl)c1. The highest BCUT2D eigenvalue weighted by molar-refractivity contribution is 7.80. The molecule has 4 aromatic rings. The molecule has 5 nitrogen and oxygen atoms in total. The van der Waals surface area contributed by atoms with Crippen LogP contribution in [0.1, 0.15) is 5.56 Å². The molecule has 1 aromatic heterocycles. The van der Waals surface area contributed by atoms with Crippen LogP contribution in [0.3, 0.4) is 0 Å². The predicted molar refractivity (Wildman–Crippen MR) is 123 cm³/mol. The fraction of sp³-hybridized carbons (Fsp3) is 0.0455. The van der Waals surface area contributed by atoms with Crippen LogP contribution in [0.25, 0.3) is 10.8 Å². The highest BCUT2D eigenvalue weighted by Gasteiger charge is 2.13. The molecule has 0 saturated heterocycles. The van der Waals surface area contributed by atoms with Crippen molar-refractivity contribution in [2.45, 2.75) is 6.54 Å². The number of aromatic nitrogens is 2. The average Bonchev–Trinajstić information content (AvgIpc) is 3.23. The van der Waals surface area contributed by atoms with Crippen LogP contribution in [0.5, 0.6) is 0 Å². The zero-order valence-corrected chi connectivity index (χ0v) is 17.0. The van der Waals surface area contributed by atoms with E-state index in [4.69, 9.17) is 34.7 Å². The number of benzene rings is 3. The Balaban J connectivity index is 1.82. The number of nitrogens with zero attached hydrogens (tertiary/aromatic N) is 4. The molecular weight excluding hydrogens is 402 g/mol. The zero-order chi connectivity index (χ0) is 20.2. The Morgan fingerprint density at radius 1 is 1.07 bits per heavy atom. The first kappa shape index (κ1) is 19.1. The summed E-state index contributed by atoms with van der Waals surface area (Å²) in [5.74, 6) is 0.